The molecule has 106 valence electrons. The molecule has 0 spiro atoms. The number of aromatic carboxylic acids is 1. The third-order valence-corrected chi connectivity index (χ3v) is 2.98. The van der Waals surface area contributed by atoms with E-state index in [4.69, 9.17) is 15.1 Å². The lowest BCUT2D eigenvalue weighted by atomic mass is 10.1. The quantitative estimate of drug-likeness (QED) is 0.917. The minimum absolute atomic E-state index is 0.0185. The Balaban J connectivity index is 2.47. The maximum atomic E-state index is 11.8. The minimum Gasteiger partial charge on any atom is -0.496 e. The number of carboxylic acids is 1. The summed E-state index contributed by atoms with van der Waals surface area (Å²) in [5.74, 6) is -0.580. The highest BCUT2D eigenvalue weighted by atomic mass is 16.5. The molecule has 0 radical (unpaired) electrons. The van der Waals surface area contributed by atoms with Crippen LogP contribution in [0, 0.1) is 11.3 Å². The normalized spacial score (nSPS) is 9.90. The topological polar surface area (TPSA) is 92.3 Å². The summed E-state index contributed by atoms with van der Waals surface area (Å²) < 4.78 is 6.46. The molecule has 0 aliphatic heterocycles. The first-order chi connectivity index (χ1) is 10.0. The first-order valence-electron chi connectivity index (χ1n) is 6.06. The second kappa shape index (κ2) is 5.92. The summed E-state index contributed by atoms with van der Waals surface area (Å²) in [6.45, 7) is 0.124. The van der Waals surface area contributed by atoms with Crippen LogP contribution in [0.3, 0.4) is 0 Å². The van der Waals surface area contributed by atoms with Crippen molar-refractivity contribution in [2.75, 3.05) is 7.11 Å². The molecular weight excluding hydrogens is 272 g/mol. The predicted molar refractivity (Wildman–Crippen MR) is 74.5 cm³/mol. The van der Waals surface area contributed by atoms with Crippen molar-refractivity contribution in [2.45, 2.75) is 6.54 Å². The molecule has 2 rings (SSSR count). The smallest absolute Gasteiger partial charge is 0.337 e. The summed E-state index contributed by atoms with van der Waals surface area (Å²) in [5.41, 5.74) is 0.754. The lowest BCUT2D eigenvalue weighted by molar-refractivity contribution is 0.0696. The van der Waals surface area contributed by atoms with E-state index in [9.17, 15) is 9.59 Å². The van der Waals surface area contributed by atoms with Crippen molar-refractivity contribution >= 4 is 5.97 Å². The molecular formula is C15H12N2O4. The van der Waals surface area contributed by atoms with Gasteiger partial charge in [-0.05, 0) is 24.3 Å². The zero-order valence-corrected chi connectivity index (χ0v) is 11.2. The fourth-order valence-corrected chi connectivity index (χ4v) is 1.94. The average Bonchev–Trinajstić information content (AvgIpc) is 2.49. The van der Waals surface area contributed by atoms with Gasteiger partial charge in [0.15, 0.2) is 0 Å². The van der Waals surface area contributed by atoms with Crippen LogP contribution < -0.4 is 10.3 Å². The maximum Gasteiger partial charge on any atom is 0.337 e. The molecule has 1 aromatic carbocycles. The molecule has 21 heavy (non-hydrogen) atoms. The summed E-state index contributed by atoms with van der Waals surface area (Å²) in [7, 11) is 1.49. The van der Waals surface area contributed by atoms with Crippen molar-refractivity contribution in [1.82, 2.24) is 4.57 Å². The van der Waals surface area contributed by atoms with E-state index in [1.807, 2.05) is 6.07 Å². The third-order valence-electron chi connectivity index (χ3n) is 2.98. The molecule has 6 nitrogen and oxygen atoms in total. The maximum absolute atomic E-state index is 11.8. The van der Waals surface area contributed by atoms with Gasteiger partial charge in [-0.1, -0.05) is 0 Å². The van der Waals surface area contributed by atoms with Crippen molar-refractivity contribution < 1.29 is 14.6 Å². The highest BCUT2D eigenvalue weighted by Gasteiger charge is 2.09. The van der Waals surface area contributed by atoms with Gasteiger partial charge in [0.05, 0.1) is 30.9 Å². The van der Waals surface area contributed by atoms with Crippen molar-refractivity contribution in [1.29, 1.82) is 5.26 Å². The molecule has 0 bridgehead atoms. The van der Waals surface area contributed by atoms with Crippen LogP contribution in [0.4, 0.5) is 0 Å². The van der Waals surface area contributed by atoms with Gasteiger partial charge in [0.2, 0.25) is 0 Å². The predicted octanol–water partition coefficient (Wildman–Crippen LogP) is 1.48. The van der Waals surface area contributed by atoms with Gasteiger partial charge in [0, 0.05) is 17.8 Å². The standard InChI is InChI=1S/C15H12N2O4/c1-21-13-4-2-10(7-16)6-12(13)9-17-8-11(15(19)20)3-5-14(17)18/h2-6,8H,9H2,1H3,(H,19,20). The van der Waals surface area contributed by atoms with E-state index < -0.39 is 5.97 Å². The van der Waals surface area contributed by atoms with Crippen molar-refractivity contribution in [3.8, 4) is 11.8 Å². The van der Waals surface area contributed by atoms with Crippen molar-refractivity contribution in [2.24, 2.45) is 0 Å². The highest BCUT2D eigenvalue weighted by molar-refractivity contribution is 5.87. The van der Waals surface area contributed by atoms with E-state index >= 15 is 0 Å². The Kier molecular flexibility index (Phi) is 4.05. The third kappa shape index (κ3) is 3.09. The summed E-state index contributed by atoms with van der Waals surface area (Å²) in [6, 6.07) is 9.32. The molecule has 0 unspecified atom stereocenters. The zero-order chi connectivity index (χ0) is 15.4. The van der Waals surface area contributed by atoms with E-state index in [0.29, 0.717) is 16.9 Å². The Labute approximate surface area is 120 Å². The first-order valence-corrected chi connectivity index (χ1v) is 6.06. The number of nitrogens with zero attached hydrogens (tertiary/aromatic N) is 2. The van der Waals surface area contributed by atoms with Gasteiger partial charge >= 0.3 is 5.97 Å². The average molecular weight is 284 g/mol. The van der Waals surface area contributed by atoms with E-state index in [0.717, 1.165) is 0 Å². The van der Waals surface area contributed by atoms with Crippen LogP contribution in [0.25, 0.3) is 0 Å². The first kappa shape index (κ1) is 14.3. The molecule has 0 saturated carbocycles. The summed E-state index contributed by atoms with van der Waals surface area (Å²) in [6.07, 6.45) is 1.27. The van der Waals surface area contributed by atoms with Crippen LogP contribution in [0.5, 0.6) is 5.75 Å². The second-order valence-corrected chi connectivity index (χ2v) is 4.33. The molecule has 6 heteroatoms. The van der Waals surface area contributed by atoms with Crippen molar-refractivity contribution in [3.63, 3.8) is 0 Å². The summed E-state index contributed by atoms with van der Waals surface area (Å²) in [5, 5.41) is 17.9. The number of carboxylic acid groups (broad SMARTS) is 1. The fraction of sp³-hybridized carbons (Fsp3) is 0.133. The number of ether oxygens (including phenoxy) is 1. The summed E-state index contributed by atoms with van der Waals surface area (Å²) in [4.78, 5) is 22.8. The van der Waals surface area contributed by atoms with Gasteiger partial charge in [0.1, 0.15) is 5.75 Å². The van der Waals surface area contributed by atoms with Crippen LogP contribution in [0.1, 0.15) is 21.5 Å². The van der Waals surface area contributed by atoms with Gasteiger partial charge in [-0.25, -0.2) is 4.79 Å². The Morgan fingerprint density at radius 2 is 2.14 bits per heavy atom. The number of nitriles is 1. The Hall–Kier alpha value is -3.07. The number of methoxy groups -OCH3 is 1. The molecule has 0 saturated heterocycles. The van der Waals surface area contributed by atoms with Gasteiger partial charge < -0.3 is 14.4 Å². The van der Waals surface area contributed by atoms with Crippen LogP contribution in [0.15, 0.2) is 41.3 Å². The minimum atomic E-state index is -1.11. The highest BCUT2D eigenvalue weighted by Crippen LogP contribution is 2.20. The van der Waals surface area contributed by atoms with Crippen LogP contribution in [-0.4, -0.2) is 22.8 Å². The van der Waals surface area contributed by atoms with Gasteiger partial charge in [-0.2, -0.15) is 5.26 Å². The zero-order valence-electron chi connectivity index (χ0n) is 11.2. The molecule has 0 aliphatic carbocycles. The number of carbonyl (C=O) groups is 1. The number of hydrogen-bond donors (Lipinski definition) is 1. The number of aromatic nitrogens is 1. The fourth-order valence-electron chi connectivity index (χ4n) is 1.94. The van der Waals surface area contributed by atoms with Crippen molar-refractivity contribution in [3.05, 3.63) is 63.6 Å². The molecule has 0 amide bonds. The Morgan fingerprint density at radius 3 is 2.76 bits per heavy atom. The van der Waals surface area contributed by atoms with Crippen LogP contribution in [0.2, 0.25) is 0 Å². The van der Waals surface area contributed by atoms with Gasteiger partial charge in [0.25, 0.3) is 5.56 Å². The molecule has 1 heterocycles. The lowest BCUT2D eigenvalue weighted by Crippen LogP contribution is -2.21. The molecule has 0 aliphatic rings. The van der Waals surface area contributed by atoms with Crippen LogP contribution >= 0.6 is 0 Å². The molecule has 2 aromatic rings. The van der Waals surface area contributed by atoms with E-state index in [1.54, 1.807) is 18.2 Å². The van der Waals surface area contributed by atoms with E-state index in [2.05, 4.69) is 0 Å². The number of pyridine rings is 1. The van der Waals surface area contributed by atoms with E-state index in [1.165, 1.54) is 30.0 Å². The van der Waals surface area contributed by atoms with E-state index in [-0.39, 0.29) is 17.7 Å². The molecule has 1 N–H and O–H groups in total. The SMILES string of the molecule is COc1ccc(C#N)cc1Cn1cc(C(=O)O)ccc1=O. The Morgan fingerprint density at radius 1 is 1.38 bits per heavy atom. The monoisotopic (exact) mass is 284 g/mol. The number of hydrogen-bond acceptors (Lipinski definition) is 4. The molecule has 0 atom stereocenters. The van der Waals surface area contributed by atoms with Gasteiger partial charge in [-0.15, -0.1) is 0 Å². The number of rotatable bonds is 4. The lowest BCUT2D eigenvalue weighted by Gasteiger charge is -2.11. The summed E-state index contributed by atoms with van der Waals surface area (Å²) >= 11 is 0. The number of benzene rings is 1. The Bertz CT molecular complexity index is 787. The van der Waals surface area contributed by atoms with Gasteiger partial charge in [-0.3, -0.25) is 4.79 Å². The largest absolute Gasteiger partial charge is 0.496 e. The molecule has 0 fully saturated rings. The molecule has 1 aromatic heterocycles. The van der Waals surface area contributed by atoms with Crippen LogP contribution in [-0.2, 0) is 6.54 Å². The second-order valence-electron chi connectivity index (χ2n) is 4.33.